The molecule has 1 saturated heterocycles. The molecule has 1 saturated carbocycles. The van der Waals surface area contributed by atoms with Crippen LogP contribution in [-0.4, -0.2) is 37.6 Å². The molecule has 0 spiro atoms. The van der Waals surface area contributed by atoms with E-state index in [0.29, 0.717) is 12.0 Å². The Hall–Kier alpha value is -0.570. The first kappa shape index (κ1) is 18.2. The summed E-state index contributed by atoms with van der Waals surface area (Å²) in [5.41, 5.74) is 1.46. The van der Waals surface area contributed by atoms with Crippen LogP contribution >= 0.6 is 11.6 Å². The van der Waals surface area contributed by atoms with Crippen LogP contribution in [0.2, 0.25) is 5.02 Å². The number of hydrogen-bond acceptors (Lipinski definition) is 2. The van der Waals surface area contributed by atoms with Crippen LogP contribution in [0.15, 0.2) is 24.3 Å². The monoisotopic (exact) mass is 348 g/mol. The summed E-state index contributed by atoms with van der Waals surface area (Å²) in [5, 5.41) is 4.33. The van der Waals surface area contributed by atoms with Crippen molar-refractivity contribution in [1.82, 2.24) is 10.2 Å². The van der Waals surface area contributed by atoms with E-state index >= 15 is 0 Å². The molecule has 1 aliphatic heterocycles. The molecule has 1 aliphatic carbocycles. The van der Waals surface area contributed by atoms with E-state index in [9.17, 15) is 0 Å². The van der Waals surface area contributed by atoms with Crippen molar-refractivity contribution in [2.45, 2.75) is 63.3 Å². The van der Waals surface area contributed by atoms with Crippen LogP contribution in [-0.2, 0) is 0 Å². The second kappa shape index (κ2) is 9.22. The van der Waals surface area contributed by atoms with Gasteiger partial charge < -0.3 is 10.2 Å². The molecule has 134 valence electrons. The molecule has 1 atom stereocenters. The molecule has 1 N–H and O–H groups in total. The van der Waals surface area contributed by atoms with Gasteiger partial charge in [0.25, 0.3) is 0 Å². The van der Waals surface area contributed by atoms with Crippen molar-refractivity contribution in [2.24, 2.45) is 5.92 Å². The van der Waals surface area contributed by atoms with Crippen LogP contribution in [0.5, 0.6) is 0 Å². The molecule has 1 aromatic carbocycles. The quantitative estimate of drug-likeness (QED) is 0.746. The fourth-order valence-electron chi connectivity index (χ4n) is 4.66. The van der Waals surface area contributed by atoms with Crippen molar-refractivity contribution in [3.8, 4) is 0 Å². The van der Waals surface area contributed by atoms with Gasteiger partial charge in [-0.25, -0.2) is 0 Å². The van der Waals surface area contributed by atoms with Crippen LogP contribution in [0.4, 0.5) is 0 Å². The van der Waals surface area contributed by atoms with E-state index in [1.54, 1.807) is 0 Å². The van der Waals surface area contributed by atoms with Crippen LogP contribution in [0.1, 0.15) is 62.8 Å². The maximum absolute atomic E-state index is 6.32. The normalized spacial score (nSPS) is 23.1. The summed E-state index contributed by atoms with van der Waals surface area (Å²) in [6, 6.07) is 9.38. The van der Waals surface area contributed by atoms with Gasteiger partial charge in [0.15, 0.2) is 0 Å². The van der Waals surface area contributed by atoms with Gasteiger partial charge in [-0.15, -0.1) is 0 Å². The first-order chi connectivity index (χ1) is 11.8. The number of hydrogen-bond donors (Lipinski definition) is 1. The summed E-state index contributed by atoms with van der Waals surface area (Å²) in [6.07, 6.45) is 11.0. The Balaban J connectivity index is 1.72. The summed E-state index contributed by atoms with van der Waals surface area (Å²) in [6.45, 7) is 3.67. The van der Waals surface area contributed by atoms with E-state index in [1.807, 2.05) is 6.07 Å². The Kier molecular flexibility index (Phi) is 7.00. The van der Waals surface area contributed by atoms with Gasteiger partial charge in [-0.05, 0) is 75.4 Å². The van der Waals surface area contributed by atoms with E-state index in [2.05, 4.69) is 35.5 Å². The third-order valence-electron chi connectivity index (χ3n) is 6.20. The van der Waals surface area contributed by atoms with Gasteiger partial charge in [0.1, 0.15) is 0 Å². The second-order valence-corrected chi connectivity index (χ2v) is 8.21. The first-order valence-corrected chi connectivity index (χ1v) is 10.3. The van der Waals surface area contributed by atoms with Crippen LogP contribution < -0.4 is 5.32 Å². The van der Waals surface area contributed by atoms with E-state index in [4.69, 9.17) is 11.6 Å². The first-order valence-electron chi connectivity index (χ1n) is 9.91. The minimum Gasteiger partial charge on any atom is -0.317 e. The number of nitrogens with zero attached hydrogens (tertiary/aromatic N) is 1. The number of halogens is 1. The molecular formula is C21H33ClN2. The summed E-state index contributed by atoms with van der Waals surface area (Å²) in [5.74, 6) is 1.47. The molecule has 0 amide bonds. The smallest absolute Gasteiger partial charge is 0.0408 e. The number of piperidine rings is 1. The fourth-order valence-corrected chi connectivity index (χ4v) is 4.86. The molecule has 2 fully saturated rings. The Morgan fingerprint density at radius 3 is 2.42 bits per heavy atom. The van der Waals surface area contributed by atoms with Gasteiger partial charge in [0.2, 0.25) is 0 Å². The lowest BCUT2D eigenvalue weighted by Crippen LogP contribution is -2.43. The molecular weight excluding hydrogens is 316 g/mol. The summed E-state index contributed by atoms with van der Waals surface area (Å²) in [4.78, 5) is 2.70. The Morgan fingerprint density at radius 1 is 1.08 bits per heavy atom. The summed E-state index contributed by atoms with van der Waals surface area (Å²) in [7, 11) is 2.10. The molecule has 2 aliphatic rings. The third-order valence-corrected chi connectivity index (χ3v) is 6.43. The number of rotatable bonds is 5. The Labute approximate surface area is 153 Å². The van der Waals surface area contributed by atoms with E-state index in [1.165, 1.54) is 76.6 Å². The molecule has 3 heteroatoms. The fraction of sp³-hybridized carbons (Fsp3) is 0.714. The zero-order valence-electron chi connectivity index (χ0n) is 15.1. The lowest BCUT2D eigenvalue weighted by Gasteiger charge is -2.37. The van der Waals surface area contributed by atoms with Crippen LogP contribution in [0.3, 0.4) is 0 Å². The van der Waals surface area contributed by atoms with Crippen molar-refractivity contribution in [2.75, 3.05) is 26.7 Å². The molecule has 2 nitrogen and oxygen atoms in total. The number of benzene rings is 1. The van der Waals surface area contributed by atoms with Crippen LogP contribution in [0, 0.1) is 5.92 Å². The topological polar surface area (TPSA) is 15.3 Å². The molecule has 1 aromatic rings. The average Bonchev–Trinajstić information content (AvgIpc) is 2.89. The maximum atomic E-state index is 6.32. The molecule has 0 unspecified atom stereocenters. The number of nitrogens with one attached hydrogen (secondary N) is 1. The summed E-state index contributed by atoms with van der Waals surface area (Å²) < 4.78 is 0. The van der Waals surface area contributed by atoms with Crippen molar-refractivity contribution in [3.05, 3.63) is 34.9 Å². The highest BCUT2D eigenvalue weighted by molar-refractivity contribution is 6.30. The minimum absolute atomic E-state index is 0.646. The zero-order chi connectivity index (χ0) is 16.8. The highest BCUT2D eigenvalue weighted by atomic mass is 35.5. The predicted molar refractivity (Wildman–Crippen MR) is 104 cm³/mol. The molecule has 24 heavy (non-hydrogen) atoms. The van der Waals surface area contributed by atoms with Gasteiger partial charge in [-0.1, -0.05) is 49.4 Å². The highest BCUT2D eigenvalue weighted by Gasteiger charge is 2.28. The molecule has 3 rings (SSSR count). The largest absolute Gasteiger partial charge is 0.317 e. The Morgan fingerprint density at radius 2 is 1.79 bits per heavy atom. The standard InChI is InChI=1S/C21H33ClN2/c1-23-20-11-13-24(14-12-20)16-21(17-7-4-2-3-5-8-17)18-9-6-10-19(22)15-18/h6,9-10,15,17,20-21,23H,2-5,7-8,11-14,16H2,1H3/t21-/m1/s1. The average molecular weight is 349 g/mol. The SMILES string of the molecule is CNC1CCN(C[C@@H](c2cccc(Cl)c2)C2CCCCCC2)CC1. The van der Waals surface area contributed by atoms with Crippen molar-refractivity contribution in [3.63, 3.8) is 0 Å². The van der Waals surface area contributed by atoms with E-state index < -0.39 is 0 Å². The zero-order valence-corrected chi connectivity index (χ0v) is 15.9. The van der Waals surface area contributed by atoms with Crippen molar-refractivity contribution in [1.29, 1.82) is 0 Å². The van der Waals surface area contributed by atoms with Gasteiger partial charge in [0.05, 0.1) is 0 Å². The van der Waals surface area contributed by atoms with E-state index in [-0.39, 0.29) is 0 Å². The second-order valence-electron chi connectivity index (χ2n) is 7.78. The molecule has 0 radical (unpaired) electrons. The van der Waals surface area contributed by atoms with Gasteiger partial charge >= 0.3 is 0 Å². The molecule has 1 heterocycles. The lowest BCUT2D eigenvalue weighted by atomic mass is 9.80. The van der Waals surface area contributed by atoms with Crippen molar-refractivity contribution < 1.29 is 0 Å². The van der Waals surface area contributed by atoms with Gasteiger partial charge in [-0.2, -0.15) is 0 Å². The van der Waals surface area contributed by atoms with E-state index in [0.717, 1.165) is 10.9 Å². The predicted octanol–water partition coefficient (Wildman–Crippen LogP) is 5.08. The Bertz CT molecular complexity index is 488. The van der Waals surface area contributed by atoms with Gasteiger partial charge in [0, 0.05) is 17.6 Å². The van der Waals surface area contributed by atoms with Gasteiger partial charge in [-0.3, -0.25) is 0 Å². The summed E-state index contributed by atoms with van der Waals surface area (Å²) >= 11 is 6.32. The minimum atomic E-state index is 0.646. The molecule has 0 bridgehead atoms. The molecule has 0 aromatic heterocycles. The van der Waals surface area contributed by atoms with Crippen molar-refractivity contribution >= 4 is 11.6 Å². The number of likely N-dealkylation sites (tertiary alicyclic amines) is 1. The van der Waals surface area contributed by atoms with Crippen LogP contribution in [0.25, 0.3) is 0 Å². The highest BCUT2D eigenvalue weighted by Crippen LogP contribution is 2.37. The third kappa shape index (κ3) is 4.97. The maximum Gasteiger partial charge on any atom is 0.0408 e. The lowest BCUT2D eigenvalue weighted by molar-refractivity contribution is 0.171.